The van der Waals surface area contributed by atoms with Gasteiger partial charge in [-0.15, -0.1) is 0 Å². The van der Waals surface area contributed by atoms with Crippen molar-refractivity contribution in [1.29, 1.82) is 0 Å². The molecule has 3 N–H and O–H groups in total. The number of carboxylic acids is 1. The third-order valence-corrected chi connectivity index (χ3v) is 4.09. The first-order valence-electron chi connectivity index (χ1n) is 8.74. The van der Waals surface area contributed by atoms with Crippen LogP contribution in [-0.2, 0) is 0 Å². The first-order valence-corrected chi connectivity index (χ1v) is 8.74. The minimum atomic E-state index is -0.950. The van der Waals surface area contributed by atoms with Crippen LogP contribution in [0.25, 0.3) is 0 Å². The molecule has 27 heavy (non-hydrogen) atoms. The van der Waals surface area contributed by atoms with Gasteiger partial charge in [-0.2, -0.15) is 0 Å². The maximum atomic E-state index is 10.9. The van der Waals surface area contributed by atoms with Crippen molar-refractivity contribution in [1.82, 2.24) is 9.97 Å². The molecule has 0 aliphatic rings. The number of carboxylic acid groups (broad SMARTS) is 1. The SMILES string of the molecule is Cc1nc(Nc2ccc(C(=O)O)cc2)cc(Nc2ccc(C(C)C)cc2)n1. The largest absolute Gasteiger partial charge is 0.478 e. The number of nitrogens with one attached hydrogen (secondary N) is 2. The number of aromatic carboxylic acids is 1. The number of anilines is 4. The van der Waals surface area contributed by atoms with Crippen LogP contribution in [0.1, 0.15) is 41.5 Å². The van der Waals surface area contributed by atoms with Crippen molar-refractivity contribution in [2.75, 3.05) is 10.6 Å². The molecule has 3 rings (SSSR count). The number of benzene rings is 2. The average molecular weight is 362 g/mol. The number of aromatic nitrogens is 2. The number of rotatable bonds is 6. The molecule has 0 fully saturated rings. The molecule has 0 radical (unpaired) electrons. The zero-order valence-corrected chi connectivity index (χ0v) is 15.5. The summed E-state index contributed by atoms with van der Waals surface area (Å²) in [4.78, 5) is 19.8. The van der Waals surface area contributed by atoms with Gasteiger partial charge in [-0.3, -0.25) is 0 Å². The maximum Gasteiger partial charge on any atom is 0.335 e. The van der Waals surface area contributed by atoms with E-state index in [-0.39, 0.29) is 5.56 Å². The smallest absolute Gasteiger partial charge is 0.335 e. The molecule has 138 valence electrons. The minimum Gasteiger partial charge on any atom is -0.478 e. The Bertz CT molecular complexity index is 935. The summed E-state index contributed by atoms with van der Waals surface area (Å²) in [7, 11) is 0. The van der Waals surface area contributed by atoms with E-state index in [1.165, 1.54) is 5.56 Å². The molecule has 0 spiro atoms. The van der Waals surface area contributed by atoms with Crippen LogP contribution < -0.4 is 10.6 Å². The second-order valence-corrected chi connectivity index (χ2v) is 6.59. The highest BCUT2D eigenvalue weighted by atomic mass is 16.4. The van der Waals surface area contributed by atoms with Crippen LogP contribution in [0.5, 0.6) is 0 Å². The van der Waals surface area contributed by atoms with Gasteiger partial charge in [0.05, 0.1) is 5.56 Å². The molecular weight excluding hydrogens is 340 g/mol. The molecule has 6 heteroatoms. The molecule has 3 aromatic rings. The van der Waals surface area contributed by atoms with Gasteiger partial charge in [-0.05, 0) is 54.8 Å². The molecule has 0 aliphatic heterocycles. The Balaban J connectivity index is 1.76. The number of nitrogens with zero attached hydrogens (tertiary/aromatic N) is 2. The van der Waals surface area contributed by atoms with Crippen molar-refractivity contribution in [3.63, 3.8) is 0 Å². The van der Waals surface area contributed by atoms with Crippen molar-refractivity contribution < 1.29 is 9.90 Å². The van der Waals surface area contributed by atoms with Crippen LogP contribution in [-0.4, -0.2) is 21.0 Å². The van der Waals surface area contributed by atoms with Crippen LogP contribution >= 0.6 is 0 Å². The molecule has 1 aromatic heterocycles. The second-order valence-electron chi connectivity index (χ2n) is 6.59. The highest BCUT2D eigenvalue weighted by Gasteiger charge is 2.06. The average Bonchev–Trinajstić information content (AvgIpc) is 2.62. The van der Waals surface area contributed by atoms with Crippen molar-refractivity contribution in [2.45, 2.75) is 26.7 Å². The van der Waals surface area contributed by atoms with Gasteiger partial charge in [-0.1, -0.05) is 26.0 Å². The first kappa shape index (κ1) is 18.4. The van der Waals surface area contributed by atoms with E-state index in [0.717, 1.165) is 11.4 Å². The molecule has 0 unspecified atom stereocenters. The van der Waals surface area contributed by atoms with E-state index in [1.54, 1.807) is 24.3 Å². The zero-order valence-electron chi connectivity index (χ0n) is 15.5. The Morgan fingerprint density at radius 2 is 1.37 bits per heavy atom. The monoisotopic (exact) mass is 362 g/mol. The lowest BCUT2D eigenvalue weighted by molar-refractivity contribution is 0.0697. The van der Waals surface area contributed by atoms with Gasteiger partial charge in [0.25, 0.3) is 0 Å². The van der Waals surface area contributed by atoms with E-state index in [0.29, 0.717) is 23.4 Å². The van der Waals surface area contributed by atoms with Crippen LogP contribution in [0.3, 0.4) is 0 Å². The fourth-order valence-corrected chi connectivity index (χ4v) is 2.64. The quantitative estimate of drug-likeness (QED) is 0.566. The second kappa shape index (κ2) is 7.86. The predicted molar refractivity (Wildman–Crippen MR) is 107 cm³/mol. The van der Waals surface area contributed by atoms with Crippen molar-refractivity contribution >= 4 is 29.0 Å². The third-order valence-electron chi connectivity index (χ3n) is 4.09. The van der Waals surface area contributed by atoms with Gasteiger partial charge in [0, 0.05) is 17.4 Å². The number of hydrogen-bond acceptors (Lipinski definition) is 5. The first-order chi connectivity index (χ1) is 12.9. The molecule has 0 saturated heterocycles. The minimum absolute atomic E-state index is 0.242. The summed E-state index contributed by atoms with van der Waals surface area (Å²) >= 11 is 0. The fourth-order valence-electron chi connectivity index (χ4n) is 2.64. The van der Waals surface area contributed by atoms with Crippen molar-refractivity contribution in [3.8, 4) is 0 Å². The fraction of sp³-hybridized carbons (Fsp3) is 0.190. The van der Waals surface area contributed by atoms with E-state index in [4.69, 9.17) is 5.11 Å². The van der Waals surface area contributed by atoms with E-state index in [1.807, 2.05) is 25.1 Å². The van der Waals surface area contributed by atoms with E-state index in [2.05, 4.69) is 46.6 Å². The van der Waals surface area contributed by atoms with Gasteiger partial charge in [0.1, 0.15) is 17.5 Å². The van der Waals surface area contributed by atoms with Gasteiger partial charge in [0.2, 0.25) is 0 Å². The van der Waals surface area contributed by atoms with Gasteiger partial charge in [-0.25, -0.2) is 14.8 Å². The Morgan fingerprint density at radius 1 is 0.889 bits per heavy atom. The van der Waals surface area contributed by atoms with E-state index in [9.17, 15) is 4.79 Å². The molecular formula is C21H22N4O2. The Kier molecular flexibility index (Phi) is 5.35. The molecule has 0 amide bonds. The van der Waals surface area contributed by atoms with E-state index >= 15 is 0 Å². The van der Waals surface area contributed by atoms with Crippen LogP contribution in [0.4, 0.5) is 23.0 Å². The van der Waals surface area contributed by atoms with Gasteiger partial charge < -0.3 is 15.7 Å². The normalized spacial score (nSPS) is 10.7. The van der Waals surface area contributed by atoms with Gasteiger partial charge in [0.15, 0.2) is 0 Å². The molecule has 0 bridgehead atoms. The lowest BCUT2D eigenvalue weighted by atomic mass is 10.0. The number of aryl methyl sites for hydroxylation is 1. The van der Waals surface area contributed by atoms with Gasteiger partial charge >= 0.3 is 5.97 Å². The summed E-state index contributed by atoms with van der Waals surface area (Å²) in [5.74, 6) is 1.48. The highest BCUT2D eigenvalue weighted by molar-refractivity contribution is 5.88. The van der Waals surface area contributed by atoms with Crippen LogP contribution in [0.2, 0.25) is 0 Å². The molecule has 1 heterocycles. The summed E-state index contributed by atoms with van der Waals surface area (Å²) in [6.45, 7) is 6.15. The highest BCUT2D eigenvalue weighted by Crippen LogP contribution is 2.22. The van der Waals surface area contributed by atoms with Crippen LogP contribution in [0, 0.1) is 6.92 Å². The lowest BCUT2D eigenvalue weighted by Gasteiger charge is -2.11. The third kappa shape index (κ3) is 4.82. The lowest BCUT2D eigenvalue weighted by Crippen LogP contribution is -2.02. The summed E-state index contributed by atoms with van der Waals surface area (Å²) in [6, 6.07) is 16.6. The zero-order chi connectivity index (χ0) is 19.4. The van der Waals surface area contributed by atoms with Crippen molar-refractivity contribution in [2.24, 2.45) is 0 Å². The summed E-state index contributed by atoms with van der Waals surface area (Å²) in [5.41, 5.74) is 3.23. The molecule has 0 saturated carbocycles. The Labute approximate surface area is 158 Å². The molecule has 2 aromatic carbocycles. The molecule has 0 aliphatic carbocycles. The number of hydrogen-bond donors (Lipinski definition) is 3. The molecule has 0 atom stereocenters. The predicted octanol–water partition coefficient (Wildman–Crippen LogP) is 5.09. The standard InChI is InChI=1S/C21H22N4O2/c1-13(2)15-4-8-17(9-5-15)24-19-12-20(23-14(3)22-19)25-18-10-6-16(7-11-18)21(26)27/h4-13H,1-3H3,(H,26,27)(H2,22,23,24,25). The maximum absolute atomic E-state index is 10.9. The Hall–Kier alpha value is -3.41. The van der Waals surface area contributed by atoms with E-state index < -0.39 is 5.97 Å². The van der Waals surface area contributed by atoms with Crippen LogP contribution in [0.15, 0.2) is 54.6 Å². The summed E-state index contributed by atoms with van der Waals surface area (Å²) in [5, 5.41) is 15.4. The van der Waals surface area contributed by atoms with Crippen molar-refractivity contribution in [3.05, 3.63) is 71.5 Å². The molecule has 6 nitrogen and oxygen atoms in total. The number of carbonyl (C=O) groups is 1. The summed E-state index contributed by atoms with van der Waals surface area (Å²) in [6.07, 6.45) is 0. The Morgan fingerprint density at radius 3 is 1.81 bits per heavy atom. The summed E-state index contributed by atoms with van der Waals surface area (Å²) < 4.78 is 0. The topological polar surface area (TPSA) is 87.1 Å².